The van der Waals surface area contributed by atoms with Gasteiger partial charge in [0.1, 0.15) is 13.2 Å². The molecule has 0 radical (unpaired) electrons. The Balaban J connectivity index is 3.39. The Labute approximate surface area is 96.2 Å². The van der Waals surface area contributed by atoms with Crippen molar-refractivity contribution in [2.45, 2.75) is 18.9 Å². The van der Waals surface area contributed by atoms with Crippen LogP contribution in [0.4, 0.5) is 0 Å². The third kappa shape index (κ3) is 11.0. The molecule has 0 fully saturated rings. The molecule has 5 heteroatoms. The van der Waals surface area contributed by atoms with E-state index < -0.39 is 0 Å². The van der Waals surface area contributed by atoms with Gasteiger partial charge in [-0.2, -0.15) is 0 Å². The fourth-order valence-electron chi connectivity index (χ4n) is 0.934. The van der Waals surface area contributed by atoms with E-state index >= 15 is 0 Å². The summed E-state index contributed by atoms with van der Waals surface area (Å²) < 4.78 is 9.87. The molecule has 0 saturated heterocycles. The highest BCUT2D eigenvalue weighted by Gasteiger charge is 1.95. The average molecular weight is 231 g/mol. The zero-order chi connectivity index (χ0) is 12.1. The maximum Gasteiger partial charge on any atom is 0.110 e. The van der Waals surface area contributed by atoms with Gasteiger partial charge in [0, 0.05) is 6.04 Å². The second kappa shape index (κ2) is 12.0. The van der Waals surface area contributed by atoms with Crippen LogP contribution in [0.5, 0.6) is 0 Å². The van der Waals surface area contributed by atoms with Crippen LogP contribution in [0.25, 0.3) is 0 Å². The molecule has 0 aromatic heterocycles. The summed E-state index contributed by atoms with van der Waals surface area (Å²) >= 11 is 0. The van der Waals surface area contributed by atoms with Gasteiger partial charge in [-0.1, -0.05) is 0 Å². The Bertz CT molecular complexity index is 174. The topological polar surface area (TPSA) is 84.9 Å². The molecule has 0 spiro atoms. The standard InChI is InChI=1S/C11H21NO4/c12-11(3-1-7-15-9-5-13)4-2-8-16-10-6-14/h1-2,7-8,11,13-14H,3-6,9-10,12H2. The lowest BCUT2D eigenvalue weighted by Gasteiger charge is -2.04. The van der Waals surface area contributed by atoms with Crippen LogP contribution in [0, 0.1) is 0 Å². The summed E-state index contributed by atoms with van der Waals surface area (Å²) in [5.74, 6) is 0. The Morgan fingerprint density at radius 3 is 1.75 bits per heavy atom. The van der Waals surface area contributed by atoms with Gasteiger partial charge < -0.3 is 25.4 Å². The fourth-order valence-corrected chi connectivity index (χ4v) is 0.934. The molecule has 0 aliphatic carbocycles. The van der Waals surface area contributed by atoms with Crippen LogP contribution in [-0.2, 0) is 9.47 Å². The van der Waals surface area contributed by atoms with E-state index in [2.05, 4.69) is 0 Å². The largest absolute Gasteiger partial charge is 0.499 e. The Morgan fingerprint density at radius 2 is 1.38 bits per heavy atom. The van der Waals surface area contributed by atoms with E-state index in [9.17, 15) is 0 Å². The highest BCUT2D eigenvalue weighted by molar-refractivity contribution is 4.85. The van der Waals surface area contributed by atoms with E-state index in [-0.39, 0.29) is 19.3 Å². The molecule has 0 aromatic carbocycles. The molecule has 0 aliphatic rings. The predicted molar refractivity (Wildman–Crippen MR) is 61.6 cm³/mol. The maximum atomic E-state index is 8.44. The van der Waals surface area contributed by atoms with Crippen molar-refractivity contribution in [3.05, 3.63) is 24.7 Å². The monoisotopic (exact) mass is 231 g/mol. The van der Waals surface area contributed by atoms with Crippen molar-refractivity contribution < 1.29 is 19.7 Å². The van der Waals surface area contributed by atoms with Crippen molar-refractivity contribution in [1.82, 2.24) is 0 Å². The molecule has 0 amide bonds. The summed E-state index contributed by atoms with van der Waals surface area (Å²) in [6, 6.07) is 0.0166. The molecular formula is C11H21NO4. The molecular weight excluding hydrogens is 210 g/mol. The lowest BCUT2D eigenvalue weighted by molar-refractivity contribution is 0.165. The van der Waals surface area contributed by atoms with Crippen molar-refractivity contribution in [3.63, 3.8) is 0 Å². The molecule has 16 heavy (non-hydrogen) atoms. The molecule has 5 nitrogen and oxygen atoms in total. The molecule has 0 saturated carbocycles. The summed E-state index contributed by atoms with van der Waals surface area (Å²) in [7, 11) is 0. The van der Waals surface area contributed by atoms with Crippen LogP contribution in [-0.4, -0.2) is 42.7 Å². The van der Waals surface area contributed by atoms with Gasteiger partial charge >= 0.3 is 0 Å². The quantitative estimate of drug-likeness (QED) is 0.368. The van der Waals surface area contributed by atoms with E-state index in [1.54, 1.807) is 12.5 Å². The first-order valence-corrected chi connectivity index (χ1v) is 5.31. The third-order valence-electron chi connectivity index (χ3n) is 1.68. The molecule has 0 rings (SSSR count). The van der Waals surface area contributed by atoms with Gasteiger partial charge in [-0.15, -0.1) is 0 Å². The lowest BCUT2D eigenvalue weighted by Crippen LogP contribution is -2.17. The van der Waals surface area contributed by atoms with Gasteiger partial charge in [-0.05, 0) is 25.0 Å². The van der Waals surface area contributed by atoms with Crippen molar-refractivity contribution in [3.8, 4) is 0 Å². The first kappa shape index (κ1) is 15.0. The summed E-state index contributed by atoms with van der Waals surface area (Å²) in [5, 5.41) is 16.9. The van der Waals surface area contributed by atoms with Crippen LogP contribution >= 0.6 is 0 Å². The Hall–Kier alpha value is -1.04. The van der Waals surface area contributed by atoms with Crippen LogP contribution in [0.1, 0.15) is 12.8 Å². The smallest absolute Gasteiger partial charge is 0.110 e. The predicted octanol–water partition coefficient (Wildman–Crippen LogP) is 0.139. The molecule has 0 aromatic rings. The molecule has 0 heterocycles. The van der Waals surface area contributed by atoms with E-state index in [4.69, 9.17) is 25.4 Å². The van der Waals surface area contributed by atoms with Gasteiger partial charge in [0.05, 0.1) is 25.7 Å². The van der Waals surface area contributed by atoms with Crippen molar-refractivity contribution >= 4 is 0 Å². The summed E-state index contributed by atoms with van der Waals surface area (Å²) in [5.41, 5.74) is 5.79. The molecule has 0 unspecified atom stereocenters. The molecule has 0 bridgehead atoms. The Morgan fingerprint density at radius 1 is 0.938 bits per heavy atom. The average Bonchev–Trinajstić information content (AvgIpc) is 2.28. The van der Waals surface area contributed by atoms with Crippen LogP contribution < -0.4 is 5.73 Å². The van der Waals surface area contributed by atoms with Crippen LogP contribution in [0.15, 0.2) is 24.7 Å². The summed E-state index contributed by atoms with van der Waals surface area (Å²) in [4.78, 5) is 0. The number of aliphatic hydroxyl groups excluding tert-OH is 2. The maximum absolute atomic E-state index is 8.44. The van der Waals surface area contributed by atoms with Crippen molar-refractivity contribution in [1.29, 1.82) is 0 Å². The fraction of sp³-hybridized carbons (Fsp3) is 0.636. The minimum absolute atomic E-state index is 0.0152. The van der Waals surface area contributed by atoms with Gasteiger partial charge in [-0.25, -0.2) is 0 Å². The second-order valence-electron chi connectivity index (χ2n) is 3.16. The number of aliphatic hydroxyl groups is 2. The molecule has 4 N–H and O–H groups in total. The number of nitrogens with two attached hydrogens (primary N) is 1. The summed E-state index contributed by atoms with van der Waals surface area (Å²) in [6.45, 7) is 0.643. The zero-order valence-electron chi connectivity index (χ0n) is 9.42. The van der Waals surface area contributed by atoms with Gasteiger partial charge in [0.25, 0.3) is 0 Å². The van der Waals surface area contributed by atoms with E-state index in [1.165, 1.54) is 0 Å². The number of ether oxygens (including phenoxy) is 2. The highest BCUT2D eigenvalue weighted by atomic mass is 16.5. The van der Waals surface area contributed by atoms with Gasteiger partial charge in [-0.3, -0.25) is 0 Å². The first-order valence-electron chi connectivity index (χ1n) is 5.31. The molecule has 94 valence electrons. The van der Waals surface area contributed by atoms with E-state index in [0.29, 0.717) is 26.1 Å². The van der Waals surface area contributed by atoms with E-state index in [1.807, 2.05) is 12.2 Å². The third-order valence-corrected chi connectivity index (χ3v) is 1.68. The van der Waals surface area contributed by atoms with Crippen LogP contribution in [0.2, 0.25) is 0 Å². The normalized spacial score (nSPS) is 13.4. The first-order chi connectivity index (χ1) is 7.81. The SMILES string of the molecule is NC(CC=COCCO)CC=COCCO. The summed E-state index contributed by atoms with van der Waals surface area (Å²) in [6.07, 6.45) is 8.14. The van der Waals surface area contributed by atoms with Gasteiger partial charge in [0.2, 0.25) is 0 Å². The number of hydrogen-bond acceptors (Lipinski definition) is 5. The van der Waals surface area contributed by atoms with Crippen LogP contribution in [0.3, 0.4) is 0 Å². The lowest BCUT2D eigenvalue weighted by atomic mass is 10.1. The molecule has 0 aliphatic heterocycles. The number of rotatable bonds is 10. The van der Waals surface area contributed by atoms with Gasteiger partial charge in [0.15, 0.2) is 0 Å². The number of hydrogen-bond donors (Lipinski definition) is 3. The highest BCUT2D eigenvalue weighted by Crippen LogP contribution is 1.98. The molecule has 0 atom stereocenters. The minimum Gasteiger partial charge on any atom is -0.499 e. The minimum atomic E-state index is 0.0152. The zero-order valence-corrected chi connectivity index (χ0v) is 9.42. The van der Waals surface area contributed by atoms with Crippen molar-refractivity contribution in [2.75, 3.05) is 26.4 Å². The second-order valence-corrected chi connectivity index (χ2v) is 3.16. The Kier molecular flexibility index (Phi) is 11.2. The van der Waals surface area contributed by atoms with Crippen molar-refractivity contribution in [2.24, 2.45) is 5.73 Å². The van der Waals surface area contributed by atoms with E-state index in [0.717, 1.165) is 0 Å².